The molecule has 0 aliphatic heterocycles. The van der Waals surface area contributed by atoms with Gasteiger partial charge >= 0.3 is 5.97 Å². The van der Waals surface area contributed by atoms with Crippen LogP contribution in [0.1, 0.15) is 5.56 Å². The molecule has 0 aliphatic carbocycles. The van der Waals surface area contributed by atoms with Gasteiger partial charge in [0.2, 0.25) is 0 Å². The lowest BCUT2D eigenvalue weighted by molar-refractivity contribution is -0.138. The van der Waals surface area contributed by atoms with Crippen LogP contribution >= 0.6 is 0 Å². The molecule has 1 aromatic rings. The SMILES string of the molecule is NC(Cc1ccccc1)C(=O)O.O=NO. The number of aliphatic carboxylic acids is 1. The fraction of sp³-hybridized carbons (Fsp3) is 0.222. The predicted molar refractivity (Wildman–Crippen MR) is 53.3 cm³/mol. The van der Waals surface area contributed by atoms with Crippen LogP contribution in [0.25, 0.3) is 0 Å². The summed E-state index contributed by atoms with van der Waals surface area (Å²) in [6.07, 6.45) is 0.385. The molecule has 0 heterocycles. The number of hydrogen-bond acceptors (Lipinski definition) is 4. The van der Waals surface area contributed by atoms with Gasteiger partial charge in [-0.3, -0.25) is 4.79 Å². The maximum atomic E-state index is 10.4. The second kappa shape index (κ2) is 7.45. The summed E-state index contributed by atoms with van der Waals surface area (Å²) in [5.74, 6) is -0.959. The molecular weight excluding hydrogens is 200 g/mol. The minimum absolute atomic E-state index is 0.385. The summed E-state index contributed by atoms with van der Waals surface area (Å²) in [6.45, 7) is 0. The largest absolute Gasteiger partial charge is 0.480 e. The number of nitrogens with zero attached hydrogens (tertiary/aromatic N) is 1. The van der Waals surface area contributed by atoms with Gasteiger partial charge in [-0.2, -0.15) is 0 Å². The Morgan fingerprint density at radius 1 is 1.40 bits per heavy atom. The highest BCUT2D eigenvalue weighted by Gasteiger charge is 2.10. The van der Waals surface area contributed by atoms with Crippen LogP contribution in [0.2, 0.25) is 0 Å². The molecule has 6 heteroatoms. The van der Waals surface area contributed by atoms with E-state index < -0.39 is 12.0 Å². The normalized spacial score (nSPS) is 10.7. The van der Waals surface area contributed by atoms with Crippen LogP contribution in [0.5, 0.6) is 0 Å². The van der Waals surface area contributed by atoms with Crippen molar-refractivity contribution in [3.63, 3.8) is 0 Å². The van der Waals surface area contributed by atoms with E-state index in [2.05, 4.69) is 0 Å². The number of hydrogen-bond donors (Lipinski definition) is 3. The fourth-order valence-electron chi connectivity index (χ4n) is 0.955. The smallest absolute Gasteiger partial charge is 0.320 e. The zero-order valence-electron chi connectivity index (χ0n) is 7.91. The first-order valence-corrected chi connectivity index (χ1v) is 4.10. The average Bonchev–Trinajstić information content (AvgIpc) is 2.20. The molecule has 1 rings (SSSR count). The van der Waals surface area contributed by atoms with Crippen molar-refractivity contribution in [2.45, 2.75) is 12.5 Å². The Labute approximate surface area is 86.3 Å². The number of benzene rings is 1. The first-order valence-electron chi connectivity index (χ1n) is 4.10. The Bertz CT molecular complexity index is 302. The Kier molecular flexibility index (Phi) is 6.48. The number of carboxylic acids is 1. The molecule has 0 fully saturated rings. The number of nitrogens with two attached hydrogens (primary N) is 1. The molecule has 0 aromatic heterocycles. The first kappa shape index (κ1) is 13.1. The van der Waals surface area contributed by atoms with Gasteiger partial charge in [0.15, 0.2) is 5.34 Å². The van der Waals surface area contributed by atoms with E-state index in [0.717, 1.165) is 5.56 Å². The third kappa shape index (κ3) is 6.17. The van der Waals surface area contributed by atoms with Crippen molar-refractivity contribution in [2.75, 3.05) is 0 Å². The Morgan fingerprint density at radius 2 is 1.87 bits per heavy atom. The number of rotatable bonds is 3. The van der Waals surface area contributed by atoms with Gasteiger partial charge in [-0.25, -0.2) is 0 Å². The molecule has 0 saturated carbocycles. The maximum absolute atomic E-state index is 10.4. The van der Waals surface area contributed by atoms with E-state index in [4.69, 9.17) is 21.0 Å². The second-order valence-electron chi connectivity index (χ2n) is 2.72. The monoisotopic (exact) mass is 212 g/mol. The van der Waals surface area contributed by atoms with E-state index in [1.807, 2.05) is 30.3 Å². The standard InChI is InChI=1S/C9H11NO2.HNO2/c10-8(9(11)12)6-7-4-2-1-3-5-7;2-1-3/h1-5,8H,6,10H2,(H,11,12);(H,2,3). The number of carbonyl (C=O) groups is 1. The van der Waals surface area contributed by atoms with Gasteiger partial charge in [0.05, 0.1) is 0 Å². The molecule has 6 nitrogen and oxygen atoms in total. The van der Waals surface area contributed by atoms with Crippen LogP contribution in [0.15, 0.2) is 35.7 Å². The third-order valence-electron chi connectivity index (χ3n) is 1.62. The van der Waals surface area contributed by atoms with Gasteiger partial charge in [0.1, 0.15) is 6.04 Å². The van der Waals surface area contributed by atoms with Gasteiger partial charge < -0.3 is 16.0 Å². The summed E-state index contributed by atoms with van der Waals surface area (Å²) in [4.78, 5) is 18.5. The van der Waals surface area contributed by atoms with Crippen molar-refractivity contribution in [1.29, 1.82) is 0 Å². The zero-order chi connectivity index (χ0) is 11.7. The highest BCUT2D eigenvalue weighted by molar-refractivity contribution is 5.73. The quantitative estimate of drug-likeness (QED) is 0.506. The van der Waals surface area contributed by atoms with E-state index in [9.17, 15) is 4.79 Å². The Balaban J connectivity index is 0.000000583. The van der Waals surface area contributed by atoms with Gasteiger partial charge in [0, 0.05) is 0 Å². The maximum Gasteiger partial charge on any atom is 0.320 e. The van der Waals surface area contributed by atoms with Crippen LogP contribution in [0.4, 0.5) is 0 Å². The molecule has 0 amide bonds. The van der Waals surface area contributed by atoms with Crippen molar-refractivity contribution < 1.29 is 15.1 Å². The minimum Gasteiger partial charge on any atom is -0.480 e. The fourth-order valence-corrected chi connectivity index (χ4v) is 0.955. The van der Waals surface area contributed by atoms with Crippen LogP contribution in [0, 0.1) is 4.91 Å². The topological polar surface area (TPSA) is 113 Å². The van der Waals surface area contributed by atoms with Crippen LogP contribution < -0.4 is 5.73 Å². The lowest BCUT2D eigenvalue weighted by atomic mass is 10.1. The molecule has 1 atom stereocenters. The van der Waals surface area contributed by atoms with Crippen molar-refractivity contribution in [1.82, 2.24) is 0 Å². The van der Waals surface area contributed by atoms with Crippen molar-refractivity contribution in [2.24, 2.45) is 11.1 Å². The van der Waals surface area contributed by atoms with E-state index >= 15 is 0 Å². The first-order chi connectivity index (χ1) is 7.11. The summed E-state index contributed by atoms with van der Waals surface area (Å²) < 4.78 is 0. The van der Waals surface area contributed by atoms with E-state index in [1.165, 1.54) is 5.34 Å². The molecule has 1 aromatic carbocycles. The molecule has 0 bridgehead atoms. The summed E-state index contributed by atoms with van der Waals surface area (Å²) in [6, 6.07) is 8.54. The van der Waals surface area contributed by atoms with Crippen molar-refractivity contribution in [3.05, 3.63) is 40.8 Å². The van der Waals surface area contributed by atoms with Gasteiger partial charge in [-0.1, -0.05) is 30.3 Å². The Morgan fingerprint density at radius 3 is 2.27 bits per heavy atom. The second-order valence-corrected chi connectivity index (χ2v) is 2.72. The average molecular weight is 212 g/mol. The van der Waals surface area contributed by atoms with Gasteiger partial charge in [-0.15, -0.1) is 4.91 Å². The molecular formula is C9H12N2O4. The highest BCUT2D eigenvalue weighted by Crippen LogP contribution is 2.01. The molecule has 0 radical (unpaired) electrons. The zero-order valence-corrected chi connectivity index (χ0v) is 7.91. The highest BCUT2D eigenvalue weighted by atomic mass is 16.6. The number of carboxylic acid groups (broad SMARTS) is 1. The van der Waals surface area contributed by atoms with E-state index in [-0.39, 0.29) is 0 Å². The van der Waals surface area contributed by atoms with Crippen LogP contribution in [-0.4, -0.2) is 22.3 Å². The summed E-state index contributed by atoms with van der Waals surface area (Å²) in [7, 11) is 0. The molecule has 1 unspecified atom stereocenters. The van der Waals surface area contributed by atoms with Crippen molar-refractivity contribution in [3.8, 4) is 0 Å². The van der Waals surface area contributed by atoms with E-state index in [0.29, 0.717) is 6.42 Å². The molecule has 82 valence electrons. The summed E-state index contributed by atoms with van der Waals surface area (Å²) in [5.41, 5.74) is 6.30. The predicted octanol–water partition coefficient (Wildman–Crippen LogP) is 0.783. The lowest BCUT2D eigenvalue weighted by Gasteiger charge is -2.04. The van der Waals surface area contributed by atoms with Gasteiger partial charge in [0.25, 0.3) is 0 Å². The molecule has 4 N–H and O–H groups in total. The minimum atomic E-state index is -0.959. The molecule has 15 heavy (non-hydrogen) atoms. The van der Waals surface area contributed by atoms with Crippen molar-refractivity contribution >= 4 is 5.97 Å². The molecule has 0 saturated heterocycles. The van der Waals surface area contributed by atoms with Crippen LogP contribution in [0.3, 0.4) is 0 Å². The Hall–Kier alpha value is -1.95. The molecule has 0 aliphatic rings. The lowest BCUT2D eigenvalue weighted by Crippen LogP contribution is -2.32. The van der Waals surface area contributed by atoms with Gasteiger partial charge in [-0.05, 0) is 12.0 Å². The molecule has 0 spiro atoms. The van der Waals surface area contributed by atoms with Crippen LogP contribution in [-0.2, 0) is 11.2 Å². The van der Waals surface area contributed by atoms with E-state index in [1.54, 1.807) is 0 Å². The third-order valence-corrected chi connectivity index (χ3v) is 1.62. The summed E-state index contributed by atoms with van der Waals surface area (Å²) >= 11 is 0. The summed E-state index contributed by atoms with van der Waals surface area (Å²) in [5, 5.41) is 16.4.